The molecule has 4 heterocycles. The molecule has 1 aliphatic rings. The minimum absolute atomic E-state index is 0.00906. The molecule has 1 fully saturated rings. The number of aromatic nitrogens is 3. The predicted octanol–water partition coefficient (Wildman–Crippen LogP) is 4.75. The molecule has 0 saturated carbocycles. The lowest BCUT2D eigenvalue weighted by Gasteiger charge is -2.30. The molecule has 0 aliphatic carbocycles. The molecule has 2 aromatic carbocycles. The molecule has 1 amide bonds. The first kappa shape index (κ1) is 23.0. The van der Waals surface area contributed by atoms with Crippen LogP contribution < -0.4 is 5.73 Å². The fourth-order valence-electron chi connectivity index (χ4n) is 5.36. The summed E-state index contributed by atoms with van der Waals surface area (Å²) in [7, 11) is 0. The fraction of sp³-hybridized carbons (Fsp3) is 0.233. The van der Waals surface area contributed by atoms with Gasteiger partial charge in [0.2, 0.25) is 0 Å². The number of likely N-dealkylation sites (tertiary alicyclic amines) is 1. The van der Waals surface area contributed by atoms with E-state index in [0.717, 1.165) is 58.6 Å². The minimum Gasteiger partial charge on any atom is -0.337 e. The number of aryl methyl sites for hydroxylation is 1. The Balaban J connectivity index is 1.42. The summed E-state index contributed by atoms with van der Waals surface area (Å²) in [5, 5.41) is 10.3. The molecule has 2 N–H and O–H groups in total. The molecule has 1 aliphatic heterocycles. The number of nitriles is 1. The molecular weight excluding hydrogens is 460 g/mol. The number of imidazole rings is 1. The first-order valence-electron chi connectivity index (χ1n) is 12.6. The average Bonchev–Trinajstić information content (AvgIpc) is 3.45. The van der Waals surface area contributed by atoms with E-state index in [4.69, 9.17) is 16.0 Å². The highest BCUT2D eigenvalue weighted by molar-refractivity contribution is 5.95. The normalized spacial score (nSPS) is 15.8. The quantitative estimate of drug-likeness (QED) is 0.395. The topological polar surface area (TPSA) is 92.3 Å². The Bertz CT molecular complexity index is 1670. The van der Waals surface area contributed by atoms with Gasteiger partial charge in [-0.25, -0.2) is 4.98 Å². The van der Waals surface area contributed by atoms with E-state index in [0.29, 0.717) is 24.2 Å². The van der Waals surface area contributed by atoms with Crippen LogP contribution >= 0.6 is 0 Å². The number of fused-ring (bicyclic) bond motifs is 2. The van der Waals surface area contributed by atoms with Gasteiger partial charge in [-0.2, -0.15) is 5.26 Å². The average molecular weight is 489 g/mol. The van der Waals surface area contributed by atoms with Crippen molar-refractivity contribution in [3.05, 3.63) is 95.3 Å². The monoisotopic (exact) mass is 488 g/mol. The Morgan fingerprint density at radius 3 is 2.73 bits per heavy atom. The molecule has 0 bridgehead atoms. The molecule has 0 spiro atoms. The lowest BCUT2D eigenvalue weighted by molar-refractivity contribution is 0.0709. The maximum atomic E-state index is 13.2. The summed E-state index contributed by atoms with van der Waals surface area (Å²) in [5.41, 5.74) is 13.3. The van der Waals surface area contributed by atoms with Crippen LogP contribution in [0.2, 0.25) is 0 Å². The van der Waals surface area contributed by atoms with Crippen molar-refractivity contribution in [3.8, 4) is 17.5 Å². The second kappa shape index (κ2) is 9.23. The van der Waals surface area contributed by atoms with Crippen LogP contribution in [0.25, 0.3) is 27.9 Å². The summed E-state index contributed by atoms with van der Waals surface area (Å²) in [5.74, 6) is 0.00906. The number of piperidine rings is 1. The SMILES string of the molecule is Cc1c(-c2cc3ccccc3n2Cc2ccc(C#N)cc2)nc2cc(C(=O)N3CCC[C@@H](N)C3)ccn12. The highest BCUT2D eigenvalue weighted by Gasteiger charge is 2.24. The molecule has 184 valence electrons. The maximum absolute atomic E-state index is 13.2. The van der Waals surface area contributed by atoms with Gasteiger partial charge in [-0.1, -0.05) is 30.3 Å². The number of carbonyl (C=O) groups is 1. The van der Waals surface area contributed by atoms with Gasteiger partial charge in [0, 0.05) is 54.0 Å². The highest BCUT2D eigenvalue weighted by Crippen LogP contribution is 2.31. The molecule has 3 aromatic heterocycles. The first-order valence-corrected chi connectivity index (χ1v) is 12.6. The van der Waals surface area contributed by atoms with Crippen LogP contribution in [0.5, 0.6) is 0 Å². The van der Waals surface area contributed by atoms with Gasteiger partial charge in [-0.3, -0.25) is 4.79 Å². The Morgan fingerprint density at radius 1 is 1.14 bits per heavy atom. The van der Waals surface area contributed by atoms with Crippen molar-refractivity contribution in [1.82, 2.24) is 18.9 Å². The van der Waals surface area contributed by atoms with Gasteiger partial charge in [0.05, 0.1) is 17.3 Å². The lowest BCUT2D eigenvalue weighted by atomic mass is 10.1. The van der Waals surface area contributed by atoms with Crippen LogP contribution in [0.3, 0.4) is 0 Å². The number of amides is 1. The Hall–Kier alpha value is -4.41. The zero-order chi connectivity index (χ0) is 25.5. The number of nitrogens with two attached hydrogens (primary N) is 1. The maximum Gasteiger partial charge on any atom is 0.254 e. The summed E-state index contributed by atoms with van der Waals surface area (Å²) < 4.78 is 4.31. The molecule has 1 saturated heterocycles. The van der Waals surface area contributed by atoms with Crippen LogP contribution in [0.1, 0.15) is 40.0 Å². The van der Waals surface area contributed by atoms with Crippen molar-refractivity contribution in [1.29, 1.82) is 5.26 Å². The van der Waals surface area contributed by atoms with E-state index in [2.05, 4.69) is 35.8 Å². The molecule has 5 aromatic rings. The number of para-hydroxylation sites is 1. The van der Waals surface area contributed by atoms with Crippen molar-refractivity contribution in [3.63, 3.8) is 0 Å². The minimum atomic E-state index is 0.00906. The molecule has 0 unspecified atom stereocenters. The number of carbonyl (C=O) groups excluding carboxylic acids is 1. The predicted molar refractivity (Wildman–Crippen MR) is 144 cm³/mol. The van der Waals surface area contributed by atoms with Crippen LogP contribution in [0.15, 0.2) is 72.9 Å². The molecule has 37 heavy (non-hydrogen) atoms. The summed E-state index contributed by atoms with van der Waals surface area (Å²) in [6.45, 7) is 4.05. The number of hydrogen-bond donors (Lipinski definition) is 1. The van der Waals surface area contributed by atoms with Crippen LogP contribution in [0, 0.1) is 18.3 Å². The van der Waals surface area contributed by atoms with Gasteiger partial charge in [-0.05, 0) is 61.7 Å². The Morgan fingerprint density at radius 2 is 1.95 bits per heavy atom. The van der Waals surface area contributed by atoms with Gasteiger partial charge in [-0.15, -0.1) is 0 Å². The van der Waals surface area contributed by atoms with Gasteiger partial charge in [0.15, 0.2) is 0 Å². The molecule has 6 rings (SSSR count). The number of nitrogens with zero attached hydrogens (tertiary/aromatic N) is 5. The Kier molecular flexibility index (Phi) is 5.74. The van der Waals surface area contributed by atoms with E-state index >= 15 is 0 Å². The third-order valence-electron chi connectivity index (χ3n) is 7.33. The zero-order valence-electron chi connectivity index (χ0n) is 20.8. The van der Waals surface area contributed by atoms with E-state index in [-0.39, 0.29) is 11.9 Å². The van der Waals surface area contributed by atoms with E-state index in [1.165, 1.54) is 0 Å². The van der Waals surface area contributed by atoms with Crippen molar-refractivity contribution >= 4 is 22.5 Å². The van der Waals surface area contributed by atoms with Crippen molar-refractivity contribution in [2.75, 3.05) is 13.1 Å². The van der Waals surface area contributed by atoms with Gasteiger partial charge < -0.3 is 19.6 Å². The number of rotatable bonds is 4. The molecule has 1 atom stereocenters. The standard InChI is InChI=1S/C30H28N6O/c1-20-29(33-28-16-24(12-14-35(20)28)30(37)34-13-4-6-25(32)19-34)27-15-23-5-2-3-7-26(23)36(27)18-22-10-8-21(17-31)9-11-22/h2-3,5,7-12,14-16,25H,4,6,13,18-19,32H2,1H3/t25-/m1/s1. The summed E-state index contributed by atoms with van der Waals surface area (Å²) >= 11 is 0. The second-order valence-electron chi connectivity index (χ2n) is 9.83. The van der Waals surface area contributed by atoms with Crippen molar-refractivity contribution in [2.45, 2.75) is 32.4 Å². The van der Waals surface area contributed by atoms with Crippen LogP contribution in [-0.4, -0.2) is 43.9 Å². The van der Waals surface area contributed by atoms with Crippen LogP contribution in [0.4, 0.5) is 0 Å². The summed E-state index contributed by atoms with van der Waals surface area (Å²) in [6.07, 6.45) is 3.83. The van der Waals surface area contributed by atoms with E-state index in [9.17, 15) is 4.79 Å². The fourth-order valence-corrected chi connectivity index (χ4v) is 5.36. The third kappa shape index (κ3) is 4.15. The molecular formula is C30H28N6O. The van der Waals surface area contributed by atoms with E-state index < -0.39 is 0 Å². The number of hydrogen-bond acceptors (Lipinski definition) is 4. The molecule has 7 heteroatoms. The zero-order valence-corrected chi connectivity index (χ0v) is 20.8. The van der Waals surface area contributed by atoms with E-state index in [1.807, 2.05) is 64.0 Å². The lowest BCUT2D eigenvalue weighted by Crippen LogP contribution is -2.45. The van der Waals surface area contributed by atoms with Gasteiger partial charge in [0.25, 0.3) is 5.91 Å². The summed E-state index contributed by atoms with van der Waals surface area (Å²) in [6, 6.07) is 24.2. The highest BCUT2D eigenvalue weighted by atomic mass is 16.2. The number of benzene rings is 2. The molecule has 0 radical (unpaired) electrons. The largest absolute Gasteiger partial charge is 0.337 e. The molecule has 7 nitrogen and oxygen atoms in total. The van der Waals surface area contributed by atoms with Gasteiger partial charge in [0.1, 0.15) is 11.3 Å². The van der Waals surface area contributed by atoms with Crippen molar-refractivity contribution in [2.24, 2.45) is 5.73 Å². The number of pyridine rings is 1. The van der Waals surface area contributed by atoms with E-state index in [1.54, 1.807) is 0 Å². The van der Waals surface area contributed by atoms with Gasteiger partial charge >= 0.3 is 0 Å². The first-order chi connectivity index (χ1) is 18.0. The second-order valence-corrected chi connectivity index (χ2v) is 9.83. The van der Waals surface area contributed by atoms with Crippen molar-refractivity contribution < 1.29 is 4.79 Å². The Labute approximate surface area is 215 Å². The van der Waals surface area contributed by atoms with Crippen LogP contribution in [-0.2, 0) is 6.54 Å². The third-order valence-corrected chi connectivity index (χ3v) is 7.33. The smallest absolute Gasteiger partial charge is 0.254 e. The summed E-state index contributed by atoms with van der Waals surface area (Å²) in [4.78, 5) is 20.0.